The first-order chi connectivity index (χ1) is 49.3. The second-order valence-corrected chi connectivity index (χ2v) is 27.7. The molecule has 15 heteroatoms. The normalized spacial score (nSPS) is 13.9. The van der Waals surface area contributed by atoms with Gasteiger partial charge in [0.25, 0.3) is 0 Å². The van der Waals surface area contributed by atoms with Crippen molar-refractivity contribution in [2.24, 2.45) is 0 Å². The van der Waals surface area contributed by atoms with Gasteiger partial charge in [-0.25, -0.2) is 14.2 Å². The lowest BCUT2D eigenvalue weighted by Crippen LogP contribution is -2.45. The highest BCUT2D eigenvalue weighted by atomic mass is 16.7. The third kappa shape index (κ3) is 15.2. The molecule has 0 amide bonds. The Balaban J connectivity index is 0.000000138. The Bertz CT molecular complexity index is 5010. The number of nitrogens with two attached hydrogens (primary N) is 4. The summed E-state index contributed by atoms with van der Waals surface area (Å²) in [5.74, 6) is 2.86. The van der Waals surface area contributed by atoms with Gasteiger partial charge in [0.1, 0.15) is 53.3 Å². The minimum atomic E-state index is -0.500. The third-order valence-corrected chi connectivity index (χ3v) is 20.4. The number of rotatable bonds is 22. The quantitative estimate of drug-likeness (QED) is 0.00944. The van der Waals surface area contributed by atoms with Gasteiger partial charge in [-0.05, 0) is 129 Å². The monoisotopic (exact) mass is 1350 g/mol. The van der Waals surface area contributed by atoms with Gasteiger partial charge in [-0.3, -0.25) is 10.8 Å². The number of unbranched alkanes of at least 4 members (excludes halogenated alkanes) is 13. The van der Waals surface area contributed by atoms with E-state index in [-0.39, 0.29) is 12.8 Å². The van der Waals surface area contributed by atoms with Crippen molar-refractivity contribution in [3.8, 4) is 62.5 Å². The molecule has 0 atom stereocenters. The summed E-state index contributed by atoms with van der Waals surface area (Å²) >= 11 is 0. The molecule has 6 aromatic rings. The number of nitrogen functional groups attached to an aromatic ring is 2. The molecular formula is C86H94N7O8+3. The fraction of sp³-hybridized carbons (Fsp3) is 0.349. The van der Waals surface area contributed by atoms with Crippen LogP contribution < -0.4 is 57.8 Å². The molecule has 0 unspecified atom stereocenters. The van der Waals surface area contributed by atoms with Crippen molar-refractivity contribution in [1.82, 2.24) is 4.58 Å². The first kappa shape index (κ1) is 69.0. The van der Waals surface area contributed by atoms with Crippen LogP contribution in [0, 0.1) is 11.3 Å². The number of fused-ring (bicyclic) bond motifs is 8. The third-order valence-electron chi connectivity index (χ3n) is 20.4. The molecule has 6 aromatic carbocycles. The van der Waals surface area contributed by atoms with Gasteiger partial charge in [0.15, 0.2) is 10.7 Å². The summed E-state index contributed by atoms with van der Waals surface area (Å²) in [7, 11) is 0. The lowest BCUT2D eigenvalue weighted by molar-refractivity contribution is -0.173. The summed E-state index contributed by atoms with van der Waals surface area (Å²) in [4.78, 5) is 28.6. The van der Waals surface area contributed by atoms with Crippen molar-refractivity contribution in [3.63, 3.8) is 0 Å². The Morgan fingerprint density at radius 1 is 0.564 bits per heavy atom. The smallest absolute Gasteiger partial charge is 0.341 e. The van der Waals surface area contributed by atoms with Gasteiger partial charge in [-0.15, -0.1) is 0 Å². The maximum atomic E-state index is 13.3. The number of ether oxygens (including phenoxy) is 4. The summed E-state index contributed by atoms with van der Waals surface area (Å²) in [5, 5.41) is 27.6. The number of esters is 2. The highest BCUT2D eigenvalue weighted by Crippen LogP contribution is 2.48. The average molecular weight is 1350 g/mol. The van der Waals surface area contributed by atoms with E-state index in [0.29, 0.717) is 73.8 Å². The maximum absolute atomic E-state index is 13.3. The van der Waals surface area contributed by atoms with Crippen molar-refractivity contribution >= 4 is 56.5 Å². The molecule has 0 saturated heterocycles. The minimum absolute atomic E-state index is 0.207. The van der Waals surface area contributed by atoms with Crippen LogP contribution >= 0.6 is 0 Å². The first-order valence-electron chi connectivity index (χ1n) is 36.7. The molecule has 0 saturated carbocycles. The second-order valence-electron chi connectivity index (χ2n) is 27.7. The van der Waals surface area contributed by atoms with Gasteiger partial charge < -0.3 is 44.1 Å². The van der Waals surface area contributed by atoms with Crippen LogP contribution in [0.4, 0.5) is 17.1 Å². The van der Waals surface area contributed by atoms with Crippen LogP contribution in [-0.2, 0) is 39.9 Å². The first-order valence-corrected chi connectivity index (χ1v) is 36.7. The Morgan fingerprint density at radius 3 is 1.66 bits per heavy atom. The molecule has 7 heterocycles. The molecule has 8 N–H and O–H groups in total. The number of carbonyl (C=O) groups excluding carboxylic acids is 2. The minimum Gasteiger partial charge on any atom is -0.463 e. The van der Waals surface area contributed by atoms with Crippen LogP contribution in [-0.4, -0.2) is 51.5 Å². The van der Waals surface area contributed by atoms with Crippen molar-refractivity contribution in [1.29, 1.82) is 5.26 Å². The van der Waals surface area contributed by atoms with Crippen LogP contribution in [0.5, 0.6) is 11.5 Å². The van der Waals surface area contributed by atoms with E-state index < -0.39 is 5.97 Å². The largest absolute Gasteiger partial charge is 0.463 e. The van der Waals surface area contributed by atoms with E-state index in [1.807, 2.05) is 72.8 Å². The van der Waals surface area contributed by atoms with Crippen molar-refractivity contribution in [2.45, 2.75) is 155 Å². The van der Waals surface area contributed by atoms with Crippen molar-refractivity contribution < 1.29 is 48.2 Å². The Kier molecular flexibility index (Phi) is 21.7. The highest BCUT2D eigenvalue weighted by molar-refractivity contribution is 6.09. The van der Waals surface area contributed by atoms with Crippen LogP contribution in [0.2, 0.25) is 0 Å². The molecule has 0 radical (unpaired) electrons. The summed E-state index contributed by atoms with van der Waals surface area (Å²) in [6.45, 7) is 12.4. The summed E-state index contributed by atoms with van der Waals surface area (Å²) in [6.07, 6.45) is 27.3. The van der Waals surface area contributed by atoms with E-state index in [2.05, 4.69) is 41.2 Å². The number of anilines is 3. The lowest BCUT2D eigenvalue weighted by Gasteiger charge is -2.39. The summed E-state index contributed by atoms with van der Waals surface area (Å²) in [5.41, 5.74) is 29.2. The van der Waals surface area contributed by atoms with Gasteiger partial charge in [-0.1, -0.05) is 133 Å². The van der Waals surface area contributed by atoms with E-state index >= 15 is 0 Å². The zero-order valence-corrected chi connectivity index (χ0v) is 58.6. The molecule has 0 bridgehead atoms. The molecule has 15 rings (SSSR count). The number of nitriles is 1. The number of hydrogen-bond acceptors (Lipinski definition) is 12. The number of carbonyl (C=O) groups is 2. The standard InChI is InChI=1S/C36H46N2O3.C26H26N3O.C24H20N2O4/c1-2-3-4-5-6-7-8-9-10-11-12-13-14-17-24-40-36(39)30-19-16-15-18-29(30)35-31-22-20-27(37)25-33(31)41-34-26-28(38)21-23-32(34)35;27-15-22-20-13-16-5-1-9-28-11-3-7-18(23(16)28)25(20)30-26-19-8-4-12-29-10-2-6-17(24(19)29)14-21(22)26;1-14(2)28-13-29-24(27)18-6-4-3-5-17(18)23-19-9-7-15(25)11-21(19)30-22-12-16(26)8-10-20(22)23/h15-16,18-23,25-26,37H,2-14,17,24,38H2,1H3;13-14H,1-12H2;3-12,25H,1,13,26H2,2H3/q;+1;/p+2. The number of allylic oxidation sites excluding steroid dienone is 1. The van der Waals surface area contributed by atoms with Gasteiger partial charge in [0.05, 0.1) is 46.8 Å². The van der Waals surface area contributed by atoms with E-state index in [4.69, 9.17) is 50.1 Å². The second kappa shape index (κ2) is 31.8. The average Bonchev–Trinajstić information content (AvgIpc) is 0.717. The molecule has 0 fully saturated rings. The Morgan fingerprint density at radius 2 is 1.09 bits per heavy atom. The molecule has 0 aromatic heterocycles. The molecule has 518 valence electrons. The predicted molar refractivity (Wildman–Crippen MR) is 399 cm³/mol. The summed E-state index contributed by atoms with van der Waals surface area (Å²) < 4.78 is 37.8. The van der Waals surface area contributed by atoms with Crippen LogP contribution in [0.3, 0.4) is 0 Å². The predicted octanol–water partition coefficient (Wildman–Crippen LogP) is 13.8. The molecular weight excluding hydrogens is 1260 g/mol. The van der Waals surface area contributed by atoms with E-state index in [1.54, 1.807) is 55.5 Å². The van der Waals surface area contributed by atoms with Gasteiger partial charge in [-0.2, -0.15) is 5.26 Å². The van der Waals surface area contributed by atoms with Crippen LogP contribution in [0.15, 0.2) is 155 Å². The van der Waals surface area contributed by atoms with Crippen LogP contribution in [0.25, 0.3) is 72.4 Å². The molecule has 0 spiro atoms. The topological polar surface area (TPSA) is 231 Å². The van der Waals surface area contributed by atoms with Crippen molar-refractivity contribution in [2.75, 3.05) is 55.9 Å². The molecule has 7 aliphatic heterocycles. The number of hydrogen-bond donors (Lipinski definition) is 4. The molecule has 101 heavy (non-hydrogen) atoms. The number of nitrogens with zero attached hydrogens (tertiary/aromatic N) is 3. The van der Waals surface area contributed by atoms with E-state index in [0.717, 1.165) is 131 Å². The zero-order valence-electron chi connectivity index (χ0n) is 58.6. The maximum Gasteiger partial charge on any atom is 0.341 e. The van der Waals surface area contributed by atoms with Crippen molar-refractivity contribution in [3.05, 3.63) is 206 Å². The van der Waals surface area contributed by atoms with Gasteiger partial charge >= 0.3 is 11.9 Å². The SMILES string of the molecule is C=C(C)OCOC(=O)c1ccccc1-c1c2ccc(=[NH2+])cc-2oc2cc(N)ccc12.CCCCCCCCCCCCCCCCOC(=O)c1ccccc1-c1c2ccc(=[NH2+])cc-2oc2cc(N)ccc12.N#CC1=c2cc3c4c(c2Oc2c1cc1c5c2CCCN5CCC1)CCC[N+]=4CCC3. The van der Waals surface area contributed by atoms with Gasteiger partial charge in [0.2, 0.25) is 12.2 Å². The lowest BCUT2D eigenvalue weighted by atomic mass is 9.85. The number of aryl methyl sites for hydroxylation is 2. The Labute approximate surface area is 591 Å². The fourth-order valence-corrected chi connectivity index (χ4v) is 15.6. The highest BCUT2D eigenvalue weighted by Gasteiger charge is 2.36. The van der Waals surface area contributed by atoms with E-state index in [1.165, 1.54) is 136 Å². The Hall–Kier alpha value is -10.5. The molecule has 15 nitrogen and oxygen atoms in total. The fourth-order valence-electron chi connectivity index (χ4n) is 15.6. The summed E-state index contributed by atoms with van der Waals surface area (Å²) in [6, 6.07) is 44.1. The molecule has 2 aliphatic carbocycles. The van der Waals surface area contributed by atoms with Gasteiger partial charge in [0, 0.05) is 122 Å². The van der Waals surface area contributed by atoms with E-state index in [9.17, 15) is 14.9 Å². The van der Waals surface area contributed by atoms with Crippen LogP contribution in [0.1, 0.15) is 178 Å². The molecule has 9 aliphatic rings. The number of benzene rings is 8. The zero-order chi connectivity index (χ0) is 69.9.